The van der Waals surface area contributed by atoms with E-state index in [-0.39, 0.29) is 11.0 Å². The zero-order valence-electron chi connectivity index (χ0n) is 10.9. The summed E-state index contributed by atoms with van der Waals surface area (Å²) in [6, 6.07) is 6.11. The first-order valence-electron chi connectivity index (χ1n) is 6.33. The van der Waals surface area contributed by atoms with Crippen molar-refractivity contribution in [1.82, 2.24) is 0 Å². The van der Waals surface area contributed by atoms with Crippen molar-refractivity contribution < 1.29 is 14.6 Å². The monoisotopic (exact) mass is 342 g/mol. The van der Waals surface area contributed by atoms with Gasteiger partial charge in [-0.15, -0.1) is 0 Å². The number of halogens is 1. The number of nitrogens with zero attached hydrogens (tertiary/aromatic N) is 2. The molecule has 6 nitrogen and oxygen atoms in total. The summed E-state index contributed by atoms with van der Waals surface area (Å²) in [6.45, 7) is 1.56. The topological polar surface area (TPSA) is 72.7 Å². The van der Waals surface area contributed by atoms with Crippen molar-refractivity contribution in [3.63, 3.8) is 0 Å². The number of nitro groups is 1. The predicted molar refractivity (Wildman–Crippen MR) is 77.0 cm³/mol. The largest absolute Gasteiger partial charge is 0.300 e. The second kappa shape index (κ2) is 6.32. The predicted octanol–water partition coefficient (Wildman–Crippen LogP) is 2.58. The maximum Gasteiger partial charge on any atom is 0.232 e. The van der Waals surface area contributed by atoms with E-state index in [4.69, 9.17) is 4.84 Å². The smallest absolute Gasteiger partial charge is 0.232 e. The standard InChI is InChI=1S/C13H15BrN2O4/c1-9(16(18)19)13-7-6-12(8-17)20-15(13)11-4-2-10(14)3-5-11/h2-5,8-9,12-13H,6-7H2,1H3/t9?,12-,13-/m1/s1. The highest BCUT2D eigenvalue weighted by atomic mass is 79.9. The Kier molecular flexibility index (Phi) is 4.72. The van der Waals surface area contributed by atoms with Gasteiger partial charge in [-0.3, -0.25) is 15.0 Å². The number of carbonyl (C=O) groups excluding carboxylic acids is 1. The first kappa shape index (κ1) is 14.9. The Labute approximate surface area is 124 Å². The first-order valence-corrected chi connectivity index (χ1v) is 7.12. The number of carbonyl (C=O) groups is 1. The molecule has 1 unspecified atom stereocenters. The molecule has 0 amide bonds. The second-order valence-corrected chi connectivity index (χ2v) is 5.67. The fourth-order valence-corrected chi connectivity index (χ4v) is 2.50. The Balaban J connectivity index is 2.28. The lowest BCUT2D eigenvalue weighted by Crippen LogP contribution is -2.51. The highest BCUT2D eigenvalue weighted by molar-refractivity contribution is 9.10. The number of hydrogen-bond donors (Lipinski definition) is 0. The third-order valence-electron chi connectivity index (χ3n) is 3.42. The van der Waals surface area contributed by atoms with Crippen LogP contribution in [0, 0.1) is 10.1 Å². The molecular formula is C13H15BrN2O4. The maximum absolute atomic E-state index is 11.0. The molecule has 7 heteroatoms. The highest BCUT2D eigenvalue weighted by Gasteiger charge is 2.38. The molecular weight excluding hydrogens is 328 g/mol. The molecule has 3 atom stereocenters. The molecule has 1 aromatic carbocycles. The lowest BCUT2D eigenvalue weighted by atomic mass is 10.00. The molecule has 108 valence electrons. The van der Waals surface area contributed by atoms with Gasteiger partial charge in [0.2, 0.25) is 6.04 Å². The van der Waals surface area contributed by atoms with Gasteiger partial charge >= 0.3 is 0 Å². The highest BCUT2D eigenvalue weighted by Crippen LogP contribution is 2.29. The summed E-state index contributed by atoms with van der Waals surface area (Å²) in [5, 5.41) is 12.5. The van der Waals surface area contributed by atoms with Crippen LogP contribution in [0.3, 0.4) is 0 Å². The van der Waals surface area contributed by atoms with Crippen LogP contribution in [0.5, 0.6) is 0 Å². The van der Waals surface area contributed by atoms with Gasteiger partial charge in [0, 0.05) is 16.3 Å². The molecule has 1 aliphatic heterocycles. The summed E-state index contributed by atoms with van der Waals surface area (Å²) < 4.78 is 0.907. The Morgan fingerprint density at radius 1 is 1.45 bits per heavy atom. The fourth-order valence-electron chi connectivity index (χ4n) is 2.24. The number of hydroxylamine groups is 1. The summed E-state index contributed by atoms with van der Waals surface area (Å²) in [6.07, 6.45) is 1.23. The lowest BCUT2D eigenvalue weighted by molar-refractivity contribution is -0.523. The maximum atomic E-state index is 11.0. The van der Waals surface area contributed by atoms with Gasteiger partial charge in [-0.1, -0.05) is 15.9 Å². The summed E-state index contributed by atoms with van der Waals surface area (Å²) in [5.74, 6) is 0. The van der Waals surface area contributed by atoms with Crippen LogP contribution in [0.1, 0.15) is 19.8 Å². The minimum absolute atomic E-state index is 0.318. The summed E-state index contributed by atoms with van der Waals surface area (Å²) in [4.78, 5) is 27.2. The second-order valence-electron chi connectivity index (χ2n) is 4.75. The van der Waals surface area contributed by atoms with E-state index >= 15 is 0 Å². The van der Waals surface area contributed by atoms with E-state index in [9.17, 15) is 14.9 Å². The van der Waals surface area contributed by atoms with Gasteiger partial charge < -0.3 is 4.79 Å². The van der Waals surface area contributed by atoms with Crippen molar-refractivity contribution in [2.24, 2.45) is 0 Å². The number of anilines is 1. The van der Waals surface area contributed by atoms with Crippen molar-refractivity contribution in [1.29, 1.82) is 0 Å². The van der Waals surface area contributed by atoms with E-state index in [0.717, 1.165) is 10.8 Å². The minimum atomic E-state index is -0.772. The Morgan fingerprint density at radius 3 is 2.65 bits per heavy atom. The molecule has 1 fully saturated rings. The van der Waals surface area contributed by atoms with E-state index in [0.29, 0.717) is 18.5 Å². The van der Waals surface area contributed by atoms with Gasteiger partial charge in [-0.05, 0) is 37.1 Å². The molecule has 1 aromatic rings. The van der Waals surface area contributed by atoms with Gasteiger partial charge in [0.15, 0.2) is 6.29 Å². The zero-order valence-corrected chi connectivity index (χ0v) is 12.5. The van der Waals surface area contributed by atoms with Crippen molar-refractivity contribution in [3.8, 4) is 0 Å². The van der Waals surface area contributed by atoms with Crippen LogP contribution in [0.15, 0.2) is 28.7 Å². The van der Waals surface area contributed by atoms with Crippen molar-refractivity contribution in [3.05, 3.63) is 38.9 Å². The van der Waals surface area contributed by atoms with E-state index in [1.807, 2.05) is 12.1 Å². The van der Waals surface area contributed by atoms with Gasteiger partial charge in [0.25, 0.3) is 0 Å². The molecule has 1 aliphatic rings. The average Bonchev–Trinajstić information content (AvgIpc) is 2.46. The molecule has 0 aromatic heterocycles. The molecule has 2 rings (SSSR count). The molecule has 1 saturated heterocycles. The van der Waals surface area contributed by atoms with Crippen molar-refractivity contribution in [2.45, 2.75) is 38.0 Å². The number of rotatable bonds is 4. The molecule has 0 bridgehead atoms. The average molecular weight is 343 g/mol. The van der Waals surface area contributed by atoms with Gasteiger partial charge in [0.05, 0.1) is 5.69 Å². The normalized spacial score (nSPS) is 24.2. The summed E-state index contributed by atoms with van der Waals surface area (Å²) >= 11 is 3.34. The molecule has 20 heavy (non-hydrogen) atoms. The number of benzene rings is 1. The van der Waals surface area contributed by atoms with Crippen LogP contribution >= 0.6 is 15.9 Å². The number of hydrogen-bond acceptors (Lipinski definition) is 5. The summed E-state index contributed by atoms with van der Waals surface area (Å²) in [7, 11) is 0. The van der Waals surface area contributed by atoms with Gasteiger partial charge in [-0.2, -0.15) is 0 Å². The van der Waals surface area contributed by atoms with E-state index in [1.165, 1.54) is 5.06 Å². The number of aldehydes is 1. The van der Waals surface area contributed by atoms with Gasteiger partial charge in [-0.25, -0.2) is 5.06 Å². The molecule has 0 saturated carbocycles. The fraction of sp³-hybridized carbons (Fsp3) is 0.462. The van der Waals surface area contributed by atoms with E-state index in [2.05, 4.69) is 15.9 Å². The molecule has 0 radical (unpaired) electrons. The molecule has 1 heterocycles. The van der Waals surface area contributed by atoms with Crippen LogP contribution < -0.4 is 5.06 Å². The molecule has 0 spiro atoms. The van der Waals surface area contributed by atoms with Crippen LogP contribution in [0.25, 0.3) is 0 Å². The zero-order chi connectivity index (χ0) is 14.7. The van der Waals surface area contributed by atoms with E-state index < -0.39 is 12.1 Å². The van der Waals surface area contributed by atoms with Crippen LogP contribution in [-0.4, -0.2) is 29.4 Å². The van der Waals surface area contributed by atoms with Crippen molar-refractivity contribution >= 4 is 27.9 Å². The molecule has 0 aliphatic carbocycles. The quantitative estimate of drug-likeness (QED) is 0.477. The Hall–Kier alpha value is -1.47. The Bertz CT molecular complexity index is 494. The van der Waals surface area contributed by atoms with Gasteiger partial charge in [0.1, 0.15) is 12.1 Å². The third kappa shape index (κ3) is 3.16. The summed E-state index contributed by atoms with van der Waals surface area (Å²) in [5.41, 5.74) is 0.707. The lowest BCUT2D eigenvalue weighted by Gasteiger charge is -2.38. The van der Waals surface area contributed by atoms with Crippen LogP contribution in [0.2, 0.25) is 0 Å². The van der Waals surface area contributed by atoms with Crippen LogP contribution in [0.4, 0.5) is 5.69 Å². The third-order valence-corrected chi connectivity index (χ3v) is 3.95. The first-order chi connectivity index (χ1) is 9.52. The Morgan fingerprint density at radius 2 is 2.10 bits per heavy atom. The van der Waals surface area contributed by atoms with Crippen LogP contribution in [-0.2, 0) is 9.63 Å². The van der Waals surface area contributed by atoms with Crippen molar-refractivity contribution in [2.75, 3.05) is 5.06 Å². The minimum Gasteiger partial charge on any atom is -0.300 e. The SMILES string of the molecule is CC([C@H]1CC[C@H](C=O)ON1c1ccc(Br)cc1)[N+](=O)[O-]. The molecule has 0 N–H and O–H groups in total. The van der Waals surface area contributed by atoms with E-state index in [1.54, 1.807) is 19.1 Å².